The second-order valence-electron chi connectivity index (χ2n) is 3.81. The zero-order valence-corrected chi connectivity index (χ0v) is 9.80. The van der Waals surface area contributed by atoms with Crippen LogP contribution in [0, 0.1) is 0 Å². The Bertz CT molecular complexity index is 442. The molecule has 0 radical (unpaired) electrons. The fourth-order valence-electron chi connectivity index (χ4n) is 1.46. The van der Waals surface area contributed by atoms with Crippen molar-refractivity contribution in [3.63, 3.8) is 0 Å². The summed E-state index contributed by atoms with van der Waals surface area (Å²) in [6.45, 7) is 3.75. The Balaban J connectivity index is 2.64. The van der Waals surface area contributed by atoms with Crippen molar-refractivity contribution < 1.29 is 19.8 Å². The molecule has 0 aliphatic carbocycles. The topological polar surface area (TPSA) is 86.6 Å². The summed E-state index contributed by atoms with van der Waals surface area (Å²) in [5.74, 6) is -2.11. The fraction of sp³-hybridized carbons (Fsp3) is 0.231. The van der Waals surface area contributed by atoms with E-state index in [1.807, 2.05) is 18.2 Å². The molecule has 1 unspecified atom stereocenters. The predicted octanol–water partition coefficient (Wildman–Crippen LogP) is 1.56. The summed E-state index contributed by atoms with van der Waals surface area (Å²) < 4.78 is 0. The highest BCUT2D eigenvalue weighted by Crippen LogP contribution is 2.11. The first-order chi connectivity index (χ1) is 8.50. The molecule has 1 atom stereocenters. The van der Waals surface area contributed by atoms with Gasteiger partial charge in [0.05, 0.1) is 0 Å². The summed E-state index contributed by atoms with van der Waals surface area (Å²) in [5, 5.41) is 20.3. The molecule has 96 valence electrons. The van der Waals surface area contributed by atoms with Crippen LogP contribution >= 0.6 is 0 Å². The van der Waals surface area contributed by atoms with Crippen LogP contribution in [-0.2, 0) is 9.59 Å². The lowest BCUT2D eigenvalue weighted by atomic mass is 10.1. The van der Waals surface area contributed by atoms with E-state index in [2.05, 4.69) is 11.9 Å². The maximum absolute atomic E-state index is 11.0. The number of aliphatic carboxylic acids is 2. The normalized spacial score (nSPS) is 11.6. The van der Waals surface area contributed by atoms with Crippen molar-refractivity contribution in [2.24, 2.45) is 0 Å². The van der Waals surface area contributed by atoms with Crippen LogP contribution in [0.5, 0.6) is 0 Å². The Morgan fingerprint density at radius 1 is 1.22 bits per heavy atom. The molecular weight excluding hydrogens is 234 g/mol. The number of hydrogen-bond donors (Lipinski definition) is 3. The number of hydrogen-bond acceptors (Lipinski definition) is 3. The van der Waals surface area contributed by atoms with Gasteiger partial charge in [-0.1, -0.05) is 36.9 Å². The number of carboxylic acids is 2. The number of rotatable bonds is 7. The Kier molecular flexibility index (Phi) is 4.92. The SMILES string of the molecule is C=C(NC(CCC(=O)O)C(=O)O)c1ccccc1. The summed E-state index contributed by atoms with van der Waals surface area (Å²) in [4.78, 5) is 21.4. The van der Waals surface area contributed by atoms with Crippen molar-refractivity contribution in [3.05, 3.63) is 42.5 Å². The minimum atomic E-state index is -1.09. The average Bonchev–Trinajstić information content (AvgIpc) is 2.34. The highest BCUT2D eigenvalue weighted by atomic mass is 16.4. The minimum Gasteiger partial charge on any atom is -0.481 e. The zero-order valence-electron chi connectivity index (χ0n) is 9.80. The van der Waals surface area contributed by atoms with E-state index >= 15 is 0 Å². The van der Waals surface area contributed by atoms with Crippen LogP contribution in [0.25, 0.3) is 5.70 Å². The first-order valence-corrected chi connectivity index (χ1v) is 5.46. The lowest BCUT2D eigenvalue weighted by Crippen LogP contribution is -2.35. The summed E-state index contributed by atoms with van der Waals surface area (Å²) in [6.07, 6.45) is -0.192. The first-order valence-electron chi connectivity index (χ1n) is 5.46. The third kappa shape index (κ3) is 4.29. The molecule has 1 aromatic rings. The molecule has 0 heterocycles. The highest BCUT2D eigenvalue weighted by Gasteiger charge is 2.19. The number of benzene rings is 1. The summed E-state index contributed by atoms with van der Waals surface area (Å²) in [6, 6.07) is 8.12. The van der Waals surface area contributed by atoms with Crippen LogP contribution in [0.2, 0.25) is 0 Å². The lowest BCUT2D eigenvalue weighted by Gasteiger charge is -2.16. The second kappa shape index (κ2) is 6.44. The molecule has 1 rings (SSSR count). The smallest absolute Gasteiger partial charge is 0.326 e. The zero-order chi connectivity index (χ0) is 13.5. The van der Waals surface area contributed by atoms with Gasteiger partial charge in [-0.05, 0) is 12.0 Å². The number of carboxylic acid groups (broad SMARTS) is 2. The van der Waals surface area contributed by atoms with Crippen LogP contribution in [0.15, 0.2) is 36.9 Å². The van der Waals surface area contributed by atoms with E-state index in [0.717, 1.165) is 5.56 Å². The summed E-state index contributed by atoms with van der Waals surface area (Å²) in [5.41, 5.74) is 1.24. The van der Waals surface area contributed by atoms with E-state index < -0.39 is 18.0 Å². The molecule has 0 aliphatic heterocycles. The predicted molar refractivity (Wildman–Crippen MR) is 66.9 cm³/mol. The van der Waals surface area contributed by atoms with Gasteiger partial charge in [-0.3, -0.25) is 4.79 Å². The molecule has 18 heavy (non-hydrogen) atoms. The van der Waals surface area contributed by atoms with Crippen LogP contribution in [0.1, 0.15) is 18.4 Å². The van der Waals surface area contributed by atoms with Gasteiger partial charge in [0.25, 0.3) is 0 Å². The van der Waals surface area contributed by atoms with Gasteiger partial charge in [0.2, 0.25) is 0 Å². The quantitative estimate of drug-likeness (QED) is 0.682. The Morgan fingerprint density at radius 2 is 1.83 bits per heavy atom. The average molecular weight is 249 g/mol. The van der Waals surface area contributed by atoms with Crippen molar-refractivity contribution in [3.8, 4) is 0 Å². The van der Waals surface area contributed by atoms with Gasteiger partial charge in [-0.25, -0.2) is 4.79 Å². The third-order valence-corrected chi connectivity index (χ3v) is 2.42. The Labute approximate surface area is 105 Å². The Hall–Kier alpha value is -2.30. The molecular formula is C13H15NO4. The summed E-state index contributed by atoms with van der Waals surface area (Å²) >= 11 is 0. The molecule has 0 saturated carbocycles. The molecule has 0 amide bonds. The van der Waals surface area contributed by atoms with E-state index in [4.69, 9.17) is 10.2 Å². The molecule has 1 aromatic carbocycles. The van der Waals surface area contributed by atoms with Crippen LogP contribution in [0.3, 0.4) is 0 Å². The maximum atomic E-state index is 11.0. The molecule has 0 aliphatic rings. The molecule has 0 saturated heterocycles. The number of carbonyl (C=O) groups is 2. The van der Waals surface area contributed by atoms with Gasteiger partial charge in [0.1, 0.15) is 6.04 Å². The number of nitrogens with one attached hydrogen (secondary N) is 1. The molecule has 3 N–H and O–H groups in total. The van der Waals surface area contributed by atoms with Crippen LogP contribution < -0.4 is 5.32 Å². The van der Waals surface area contributed by atoms with Crippen LogP contribution in [0.4, 0.5) is 0 Å². The fourth-order valence-corrected chi connectivity index (χ4v) is 1.46. The van der Waals surface area contributed by atoms with Crippen molar-refractivity contribution >= 4 is 17.6 Å². The molecule has 0 fully saturated rings. The molecule has 5 heteroatoms. The van der Waals surface area contributed by atoms with Gasteiger partial charge in [-0.2, -0.15) is 0 Å². The lowest BCUT2D eigenvalue weighted by molar-refractivity contribution is -0.140. The van der Waals surface area contributed by atoms with Gasteiger partial charge >= 0.3 is 11.9 Å². The van der Waals surface area contributed by atoms with E-state index in [1.165, 1.54) is 0 Å². The first kappa shape index (κ1) is 13.8. The third-order valence-electron chi connectivity index (χ3n) is 2.42. The summed E-state index contributed by atoms with van der Waals surface area (Å²) in [7, 11) is 0. The maximum Gasteiger partial charge on any atom is 0.326 e. The van der Waals surface area contributed by atoms with Crippen molar-refractivity contribution in [1.29, 1.82) is 0 Å². The van der Waals surface area contributed by atoms with Gasteiger partial charge in [0.15, 0.2) is 0 Å². The second-order valence-corrected chi connectivity index (χ2v) is 3.81. The monoisotopic (exact) mass is 249 g/mol. The minimum absolute atomic E-state index is 0.0104. The molecule has 0 bridgehead atoms. The van der Waals surface area contributed by atoms with Crippen molar-refractivity contribution in [2.75, 3.05) is 0 Å². The van der Waals surface area contributed by atoms with E-state index in [0.29, 0.717) is 5.70 Å². The standard InChI is InChI=1S/C13H15NO4/c1-9(10-5-3-2-4-6-10)14-11(13(17)18)7-8-12(15)16/h2-6,11,14H,1,7-8H2,(H,15,16)(H,17,18). The largest absolute Gasteiger partial charge is 0.481 e. The van der Waals surface area contributed by atoms with Crippen molar-refractivity contribution in [2.45, 2.75) is 18.9 Å². The van der Waals surface area contributed by atoms with Crippen LogP contribution in [-0.4, -0.2) is 28.2 Å². The van der Waals surface area contributed by atoms with E-state index in [-0.39, 0.29) is 12.8 Å². The molecule has 5 nitrogen and oxygen atoms in total. The van der Waals surface area contributed by atoms with Gasteiger partial charge < -0.3 is 15.5 Å². The molecule has 0 aromatic heterocycles. The van der Waals surface area contributed by atoms with E-state index in [1.54, 1.807) is 12.1 Å². The van der Waals surface area contributed by atoms with Gasteiger partial charge in [-0.15, -0.1) is 0 Å². The van der Waals surface area contributed by atoms with Crippen molar-refractivity contribution in [1.82, 2.24) is 5.32 Å². The highest BCUT2D eigenvalue weighted by molar-refractivity contribution is 5.77. The molecule has 0 spiro atoms. The Morgan fingerprint density at radius 3 is 2.33 bits per heavy atom. The van der Waals surface area contributed by atoms with Gasteiger partial charge in [0, 0.05) is 12.1 Å². The van der Waals surface area contributed by atoms with E-state index in [9.17, 15) is 9.59 Å².